The highest BCUT2D eigenvalue weighted by molar-refractivity contribution is 9.10. The lowest BCUT2D eigenvalue weighted by Crippen LogP contribution is -2.00. The van der Waals surface area contributed by atoms with Crippen LogP contribution in [0, 0.1) is 19.7 Å². The number of ether oxygens (including phenoxy) is 1. The fourth-order valence-corrected chi connectivity index (χ4v) is 2.20. The second kappa shape index (κ2) is 5.72. The van der Waals surface area contributed by atoms with Gasteiger partial charge in [-0.25, -0.2) is 4.39 Å². The van der Waals surface area contributed by atoms with Crippen molar-refractivity contribution >= 4 is 15.9 Å². The summed E-state index contributed by atoms with van der Waals surface area (Å²) in [5.41, 5.74) is 8.51. The Balaban J connectivity index is 2.33. The van der Waals surface area contributed by atoms with Crippen LogP contribution in [0.2, 0.25) is 0 Å². The molecule has 0 bridgehead atoms. The Morgan fingerprint density at radius 1 is 1.16 bits per heavy atom. The number of benzene rings is 2. The summed E-state index contributed by atoms with van der Waals surface area (Å²) < 4.78 is 20.0. The molecule has 2 N–H and O–H groups in total. The molecule has 100 valence electrons. The molecule has 2 aromatic rings. The van der Waals surface area contributed by atoms with Crippen LogP contribution < -0.4 is 10.5 Å². The zero-order valence-electron chi connectivity index (χ0n) is 10.8. The highest BCUT2D eigenvalue weighted by Gasteiger charge is 2.12. The van der Waals surface area contributed by atoms with E-state index in [1.807, 2.05) is 32.0 Å². The summed E-state index contributed by atoms with van der Waals surface area (Å²) in [4.78, 5) is 0. The van der Waals surface area contributed by atoms with Crippen molar-refractivity contribution in [3.63, 3.8) is 0 Å². The Hall–Kier alpha value is -1.39. The molecule has 0 aliphatic carbocycles. The molecular formula is C15H15BrFNO. The van der Waals surface area contributed by atoms with E-state index in [-0.39, 0.29) is 12.3 Å². The first kappa shape index (κ1) is 14.0. The number of halogens is 2. The van der Waals surface area contributed by atoms with Crippen molar-refractivity contribution in [1.29, 1.82) is 0 Å². The van der Waals surface area contributed by atoms with Gasteiger partial charge in [-0.15, -0.1) is 0 Å². The summed E-state index contributed by atoms with van der Waals surface area (Å²) in [6.45, 7) is 4.29. The normalized spacial score (nSPS) is 10.6. The minimum atomic E-state index is -0.429. The van der Waals surface area contributed by atoms with Gasteiger partial charge < -0.3 is 10.5 Å². The Kier molecular flexibility index (Phi) is 4.22. The van der Waals surface area contributed by atoms with Gasteiger partial charge in [-0.05, 0) is 64.7 Å². The van der Waals surface area contributed by atoms with E-state index in [2.05, 4.69) is 15.9 Å². The van der Waals surface area contributed by atoms with E-state index >= 15 is 0 Å². The third kappa shape index (κ3) is 2.96. The summed E-state index contributed by atoms with van der Waals surface area (Å²) in [7, 11) is 0. The van der Waals surface area contributed by atoms with E-state index in [0.717, 1.165) is 5.56 Å². The SMILES string of the molecule is Cc1ccc(Oc2ccc(CN)c(Br)c2F)cc1C. The van der Waals surface area contributed by atoms with Gasteiger partial charge in [0.1, 0.15) is 5.75 Å². The zero-order valence-corrected chi connectivity index (χ0v) is 12.4. The molecule has 0 spiro atoms. The molecule has 0 radical (unpaired) electrons. The number of rotatable bonds is 3. The fourth-order valence-electron chi connectivity index (χ4n) is 1.71. The molecule has 4 heteroatoms. The van der Waals surface area contributed by atoms with Gasteiger partial charge in [0.05, 0.1) is 4.47 Å². The lowest BCUT2D eigenvalue weighted by Gasteiger charge is -2.11. The first-order chi connectivity index (χ1) is 9.02. The Bertz CT molecular complexity index is 613. The topological polar surface area (TPSA) is 35.2 Å². The molecule has 2 rings (SSSR count). The van der Waals surface area contributed by atoms with Gasteiger partial charge in [-0.3, -0.25) is 0 Å². The molecule has 0 aromatic heterocycles. The van der Waals surface area contributed by atoms with Crippen LogP contribution in [0.25, 0.3) is 0 Å². The van der Waals surface area contributed by atoms with Crippen molar-refractivity contribution in [3.05, 3.63) is 57.3 Å². The van der Waals surface area contributed by atoms with Crippen molar-refractivity contribution < 1.29 is 9.13 Å². The van der Waals surface area contributed by atoms with E-state index in [9.17, 15) is 4.39 Å². The quantitative estimate of drug-likeness (QED) is 0.905. The lowest BCUT2D eigenvalue weighted by molar-refractivity contribution is 0.439. The van der Waals surface area contributed by atoms with Crippen molar-refractivity contribution in [2.24, 2.45) is 5.73 Å². The second-order valence-corrected chi connectivity index (χ2v) is 5.20. The molecule has 0 atom stereocenters. The van der Waals surface area contributed by atoms with E-state index in [4.69, 9.17) is 10.5 Å². The van der Waals surface area contributed by atoms with Gasteiger partial charge >= 0.3 is 0 Å². The summed E-state index contributed by atoms with van der Waals surface area (Å²) in [5.74, 6) is 0.378. The molecule has 0 saturated carbocycles. The van der Waals surface area contributed by atoms with Crippen LogP contribution in [0.3, 0.4) is 0 Å². The maximum atomic E-state index is 14.1. The van der Waals surface area contributed by atoms with Gasteiger partial charge in [0.15, 0.2) is 11.6 Å². The molecule has 0 fully saturated rings. The number of hydrogen-bond acceptors (Lipinski definition) is 2. The van der Waals surface area contributed by atoms with Crippen molar-refractivity contribution in [2.75, 3.05) is 0 Å². The van der Waals surface area contributed by atoms with Crippen molar-refractivity contribution in [2.45, 2.75) is 20.4 Å². The van der Waals surface area contributed by atoms with Gasteiger partial charge in [0.25, 0.3) is 0 Å². The third-order valence-corrected chi connectivity index (χ3v) is 3.91. The molecule has 0 heterocycles. The maximum Gasteiger partial charge on any atom is 0.180 e. The van der Waals surface area contributed by atoms with Crippen LogP contribution in [0.4, 0.5) is 4.39 Å². The Labute approximate surface area is 120 Å². The first-order valence-electron chi connectivity index (χ1n) is 5.95. The summed E-state index contributed by atoms with van der Waals surface area (Å²) >= 11 is 3.20. The van der Waals surface area contributed by atoms with Crippen LogP contribution in [-0.2, 0) is 6.54 Å². The Morgan fingerprint density at radius 3 is 2.53 bits per heavy atom. The van der Waals surface area contributed by atoms with Gasteiger partial charge in [0, 0.05) is 6.54 Å². The lowest BCUT2D eigenvalue weighted by atomic mass is 10.1. The fraction of sp³-hybridized carbons (Fsp3) is 0.200. The number of aryl methyl sites for hydroxylation is 2. The van der Waals surface area contributed by atoms with E-state index in [0.29, 0.717) is 15.8 Å². The molecular weight excluding hydrogens is 309 g/mol. The molecule has 0 amide bonds. The molecule has 0 unspecified atom stereocenters. The van der Waals surface area contributed by atoms with E-state index in [1.165, 1.54) is 5.56 Å². The highest BCUT2D eigenvalue weighted by atomic mass is 79.9. The molecule has 2 aromatic carbocycles. The van der Waals surface area contributed by atoms with E-state index in [1.54, 1.807) is 12.1 Å². The molecule has 19 heavy (non-hydrogen) atoms. The van der Waals surface area contributed by atoms with Gasteiger partial charge in [-0.1, -0.05) is 12.1 Å². The van der Waals surface area contributed by atoms with Crippen LogP contribution in [0.1, 0.15) is 16.7 Å². The predicted molar refractivity (Wildman–Crippen MR) is 78.0 cm³/mol. The monoisotopic (exact) mass is 323 g/mol. The van der Waals surface area contributed by atoms with Crippen LogP contribution >= 0.6 is 15.9 Å². The van der Waals surface area contributed by atoms with Crippen LogP contribution in [-0.4, -0.2) is 0 Å². The standard InChI is InChI=1S/C15H15BrFNO/c1-9-3-5-12(7-10(9)2)19-13-6-4-11(8-18)14(16)15(13)17/h3-7H,8,18H2,1-2H3. The van der Waals surface area contributed by atoms with Crippen molar-refractivity contribution in [3.8, 4) is 11.5 Å². The average molecular weight is 324 g/mol. The third-order valence-electron chi connectivity index (χ3n) is 3.05. The molecule has 0 saturated heterocycles. The smallest absolute Gasteiger partial charge is 0.180 e. The minimum Gasteiger partial charge on any atom is -0.454 e. The number of nitrogens with two attached hydrogens (primary N) is 1. The molecule has 0 aliphatic heterocycles. The van der Waals surface area contributed by atoms with Crippen molar-refractivity contribution in [1.82, 2.24) is 0 Å². The highest BCUT2D eigenvalue weighted by Crippen LogP contribution is 2.32. The maximum absolute atomic E-state index is 14.1. The minimum absolute atomic E-state index is 0.187. The summed E-state index contributed by atoms with van der Waals surface area (Å²) in [5, 5.41) is 0. The van der Waals surface area contributed by atoms with E-state index < -0.39 is 5.82 Å². The van der Waals surface area contributed by atoms with Gasteiger partial charge in [0.2, 0.25) is 0 Å². The predicted octanol–water partition coefficient (Wildman–Crippen LogP) is 4.46. The van der Waals surface area contributed by atoms with Gasteiger partial charge in [-0.2, -0.15) is 0 Å². The first-order valence-corrected chi connectivity index (χ1v) is 6.74. The van der Waals surface area contributed by atoms with Crippen LogP contribution in [0.15, 0.2) is 34.8 Å². The number of hydrogen-bond donors (Lipinski definition) is 1. The molecule has 0 aliphatic rings. The van der Waals surface area contributed by atoms with Crippen LogP contribution in [0.5, 0.6) is 11.5 Å². The largest absolute Gasteiger partial charge is 0.454 e. The summed E-state index contributed by atoms with van der Waals surface area (Å²) in [6, 6.07) is 9.01. The molecule has 2 nitrogen and oxygen atoms in total. The second-order valence-electron chi connectivity index (χ2n) is 4.40. The average Bonchev–Trinajstić information content (AvgIpc) is 2.40. The summed E-state index contributed by atoms with van der Waals surface area (Å²) in [6.07, 6.45) is 0. The Morgan fingerprint density at radius 2 is 1.89 bits per heavy atom. The zero-order chi connectivity index (χ0) is 14.0.